The van der Waals surface area contributed by atoms with Crippen molar-refractivity contribution in [1.82, 2.24) is 0 Å². The summed E-state index contributed by atoms with van der Waals surface area (Å²) in [6, 6.07) is 18.3. The molecule has 1 aliphatic rings. The minimum atomic E-state index is 0.603. The van der Waals surface area contributed by atoms with Crippen molar-refractivity contribution >= 4 is 11.4 Å². The van der Waals surface area contributed by atoms with Crippen LogP contribution in [0.1, 0.15) is 462 Å². The molecule has 2 aromatic rings. The van der Waals surface area contributed by atoms with Crippen LogP contribution in [0.5, 0.6) is 0 Å². The SMILES string of the molecule is CCCCCCCCCCCCCCCCCCCCCC(=CC(CCCCC)CCc1ccccc1C1=CC(CCCC)=C(c2ccccc2CCC(C=C(CCCCC)CCCCCCCCCCCCCCCCCCCCC)CCCCC)[N+]1=[N-])CCCCC. The fourth-order valence-corrected chi connectivity index (χ4v) is 15.5. The van der Waals surface area contributed by atoms with Crippen molar-refractivity contribution in [2.75, 3.05) is 0 Å². The Kier molecular flexibility index (Phi) is 56.5. The van der Waals surface area contributed by atoms with E-state index in [4.69, 9.17) is 0 Å². The van der Waals surface area contributed by atoms with Gasteiger partial charge in [0.2, 0.25) is 11.4 Å². The van der Waals surface area contributed by atoms with E-state index in [2.05, 4.69) is 115 Å². The molecular weight excluding hydrogens is 1130 g/mol. The summed E-state index contributed by atoms with van der Waals surface area (Å²) in [4.78, 5) is 0. The lowest BCUT2D eigenvalue weighted by molar-refractivity contribution is -0.344. The quantitative estimate of drug-likeness (QED) is 0.0358. The van der Waals surface area contributed by atoms with Crippen molar-refractivity contribution in [3.63, 3.8) is 0 Å². The molecule has 0 spiro atoms. The Hall–Kier alpha value is -3.00. The minimum absolute atomic E-state index is 0.603. The van der Waals surface area contributed by atoms with Crippen LogP contribution in [0, 0.1) is 11.8 Å². The first kappa shape index (κ1) is 85.2. The Bertz CT molecular complexity index is 2180. The van der Waals surface area contributed by atoms with Crippen molar-refractivity contribution < 1.29 is 4.70 Å². The zero-order chi connectivity index (χ0) is 67.3. The molecule has 0 fully saturated rings. The van der Waals surface area contributed by atoms with Crippen LogP contribution in [0.15, 0.2) is 83.5 Å². The molecule has 94 heavy (non-hydrogen) atoms. The van der Waals surface area contributed by atoms with Gasteiger partial charge in [0.25, 0.3) is 0 Å². The highest BCUT2D eigenvalue weighted by molar-refractivity contribution is 5.80. The minimum Gasteiger partial charge on any atom is -0.493 e. The van der Waals surface area contributed by atoms with E-state index in [1.165, 1.54) is 400 Å². The van der Waals surface area contributed by atoms with E-state index in [-0.39, 0.29) is 0 Å². The fourth-order valence-electron chi connectivity index (χ4n) is 15.5. The molecule has 2 atom stereocenters. The molecule has 0 saturated heterocycles. The molecule has 538 valence electrons. The molecule has 3 rings (SSSR count). The second kappa shape index (κ2) is 62.3. The summed E-state index contributed by atoms with van der Waals surface area (Å²) in [7, 11) is 0. The van der Waals surface area contributed by atoms with Crippen LogP contribution in [0.3, 0.4) is 0 Å². The fraction of sp³-hybridized carbons (Fsp3) is 0.783. The molecule has 2 aromatic carbocycles. The van der Waals surface area contributed by atoms with E-state index in [1.54, 1.807) is 15.8 Å². The van der Waals surface area contributed by atoms with Gasteiger partial charge in [0, 0.05) is 22.8 Å². The molecule has 0 aliphatic carbocycles. The van der Waals surface area contributed by atoms with Gasteiger partial charge in [-0.2, -0.15) is 0 Å². The van der Waals surface area contributed by atoms with Gasteiger partial charge in [-0.05, 0) is 138 Å². The highest BCUT2D eigenvalue weighted by Gasteiger charge is 2.31. The zero-order valence-electron chi connectivity index (χ0n) is 64.4. The van der Waals surface area contributed by atoms with Gasteiger partial charge < -0.3 is 5.53 Å². The van der Waals surface area contributed by atoms with Gasteiger partial charge in [0.1, 0.15) is 0 Å². The molecule has 0 radical (unpaired) electrons. The van der Waals surface area contributed by atoms with Gasteiger partial charge >= 0.3 is 0 Å². The summed E-state index contributed by atoms with van der Waals surface area (Å²) in [6.45, 7) is 16.4. The molecule has 0 bridgehead atoms. The van der Waals surface area contributed by atoms with Crippen molar-refractivity contribution in [1.29, 1.82) is 0 Å². The normalized spacial score (nSPS) is 13.7. The van der Waals surface area contributed by atoms with Crippen molar-refractivity contribution in [3.05, 3.63) is 111 Å². The number of nitrogens with zero attached hydrogens (tertiary/aromatic N) is 2. The maximum atomic E-state index is 12.8. The number of hydrogen-bond donors (Lipinski definition) is 0. The number of aryl methyl sites for hydroxylation is 2. The monoisotopic (exact) mass is 1290 g/mol. The lowest BCUT2D eigenvalue weighted by atomic mass is 9.88. The van der Waals surface area contributed by atoms with E-state index in [1.807, 2.05) is 0 Å². The van der Waals surface area contributed by atoms with Gasteiger partial charge in [0.05, 0.1) is 0 Å². The van der Waals surface area contributed by atoms with Crippen LogP contribution in [0.2, 0.25) is 0 Å². The molecule has 2 unspecified atom stereocenters. The van der Waals surface area contributed by atoms with Crippen LogP contribution in [0.25, 0.3) is 16.9 Å². The molecular formula is C92H160N2. The topological polar surface area (TPSA) is 25.3 Å². The third-order valence-electron chi connectivity index (χ3n) is 21.7. The van der Waals surface area contributed by atoms with Crippen LogP contribution in [-0.4, -0.2) is 4.70 Å². The molecule has 0 aromatic heterocycles. The van der Waals surface area contributed by atoms with E-state index < -0.39 is 0 Å². The van der Waals surface area contributed by atoms with Gasteiger partial charge in [0.15, 0.2) is 0 Å². The second-order valence-corrected chi connectivity index (χ2v) is 30.5. The molecule has 1 heterocycles. The first-order valence-corrected chi connectivity index (χ1v) is 42.9. The van der Waals surface area contributed by atoms with Crippen molar-refractivity contribution in [2.45, 2.75) is 453 Å². The van der Waals surface area contributed by atoms with Crippen molar-refractivity contribution in [3.8, 4) is 0 Å². The van der Waals surface area contributed by atoms with E-state index >= 15 is 0 Å². The van der Waals surface area contributed by atoms with Crippen LogP contribution in [-0.2, 0) is 12.8 Å². The van der Waals surface area contributed by atoms with Gasteiger partial charge in [-0.15, -0.1) is 0 Å². The molecule has 0 saturated carbocycles. The standard InChI is InChI=1S/C92H160N2/c1-8-15-22-24-26-28-30-32-34-36-38-40-42-44-46-48-50-52-58-68-82(64-54-17-10-3)79-84(66-56-19-12-5)75-77-86-71-60-62-73-89(86)91-81-88(70-21-14-7)92(94(91)93)90-74-63-61-72-87(90)78-76-85(67-57-20-13-6)80-83(65-55-18-11-4)69-59-53-51-49-47-45-43-41-39-37-35-33-31-29-27-25-23-16-9-2/h60-63,71-74,79-81,84-85H,8-59,64-70,75-78H2,1-7H3. The lowest BCUT2D eigenvalue weighted by Crippen LogP contribution is -2.08. The largest absolute Gasteiger partial charge is 0.493 e. The summed E-state index contributed by atoms with van der Waals surface area (Å²) in [5.74, 6) is 1.21. The Balaban J connectivity index is 1.63. The molecule has 2 heteroatoms. The van der Waals surface area contributed by atoms with Gasteiger partial charge in [-0.1, -0.05) is 410 Å². The highest BCUT2D eigenvalue weighted by Crippen LogP contribution is 2.41. The summed E-state index contributed by atoms with van der Waals surface area (Å²) in [6.07, 6.45) is 93.8. The molecule has 2 nitrogen and oxygen atoms in total. The number of benzene rings is 2. The Morgan fingerprint density at radius 3 is 0.904 bits per heavy atom. The summed E-state index contributed by atoms with van der Waals surface area (Å²) in [5, 5.41) is 0. The van der Waals surface area contributed by atoms with Crippen LogP contribution >= 0.6 is 0 Å². The summed E-state index contributed by atoms with van der Waals surface area (Å²) < 4.78 is 1.64. The average molecular weight is 1290 g/mol. The summed E-state index contributed by atoms with van der Waals surface area (Å²) in [5.41, 5.74) is 24.8. The van der Waals surface area contributed by atoms with E-state index in [9.17, 15) is 5.53 Å². The smallest absolute Gasteiger partial charge is 0.211 e. The Labute approximate surface area is 588 Å². The predicted molar refractivity (Wildman–Crippen MR) is 423 cm³/mol. The first-order chi connectivity index (χ1) is 46.4. The van der Waals surface area contributed by atoms with E-state index in [0.717, 1.165) is 43.5 Å². The number of rotatable bonds is 69. The van der Waals surface area contributed by atoms with Crippen molar-refractivity contribution in [2.24, 2.45) is 11.8 Å². The highest BCUT2D eigenvalue weighted by atomic mass is 15.2. The van der Waals surface area contributed by atoms with E-state index in [0.29, 0.717) is 11.8 Å². The lowest BCUT2D eigenvalue weighted by Gasteiger charge is -2.19. The average Bonchev–Trinajstić information content (AvgIpc) is 1.62. The van der Waals surface area contributed by atoms with Gasteiger partial charge in [-0.25, -0.2) is 4.70 Å². The third-order valence-corrected chi connectivity index (χ3v) is 21.7. The molecule has 0 N–H and O–H groups in total. The zero-order valence-corrected chi connectivity index (χ0v) is 64.4. The van der Waals surface area contributed by atoms with Gasteiger partial charge in [-0.3, -0.25) is 0 Å². The van der Waals surface area contributed by atoms with Crippen LogP contribution < -0.4 is 0 Å². The first-order valence-electron chi connectivity index (χ1n) is 42.9. The maximum Gasteiger partial charge on any atom is 0.211 e. The molecule has 1 aliphatic heterocycles. The molecule has 0 amide bonds. The number of hydrogen-bond acceptors (Lipinski definition) is 0. The second-order valence-electron chi connectivity index (χ2n) is 30.5. The number of allylic oxidation sites excluding steroid dienone is 6. The Morgan fingerprint density at radius 2 is 0.564 bits per heavy atom. The third kappa shape index (κ3) is 42.7. The Morgan fingerprint density at radius 1 is 0.298 bits per heavy atom. The predicted octanol–water partition coefficient (Wildman–Crippen LogP) is 32.6. The van der Waals surface area contributed by atoms with Crippen LogP contribution in [0.4, 0.5) is 0 Å². The number of unbranched alkanes of at least 4 members (excludes halogenated alkanes) is 45. The summed E-state index contributed by atoms with van der Waals surface area (Å²) >= 11 is 0. The maximum absolute atomic E-state index is 12.8.